The summed E-state index contributed by atoms with van der Waals surface area (Å²) in [7, 11) is 3.87. The Labute approximate surface area is 156 Å². The van der Waals surface area contributed by atoms with Crippen LogP contribution >= 0.6 is 0 Å². The number of halogens is 3. The molecule has 0 aliphatic rings. The van der Waals surface area contributed by atoms with Crippen LogP contribution in [0.5, 0.6) is 0 Å². The van der Waals surface area contributed by atoms with Gasteiger partial charge in [-0.1, -0.05) is 30.3 Å². The second kappa shape index (κ2) is 9.01. The summed E-state index contributed by atoms with van der Waals surface area (Å²) in [4.78, 5) is 15.0. The molecule has 0 aromatic heterocycles. The maximum absolute atomic E-state index is 12.9. The summed E-state index contributed by atoms with van der Waals surface area (Å²) in [6.07, 6.45) is -4.36. The molecule has 0 atom stereocenters. The van der Waals surface area contributed by atoms with E-state index < -0.39 is 17.7 Å². The number of aromatic carboxylic acids is 1. The van der Waals surface area contributed by atoms with Gasteiger partial charge >= 0.3 is 12.1 Å². The van der Waals surface area contributed by atoms with Gasteiger partial charge in [-0.15, -0.1) is 0 Å². The number of hydrogen-bond acceptors (Lipinski definition) is 3. The van der Waals surface area contributed by atoms with Crippen molar-refractivity contribution >= 4 is 5.97 Å². The number of carboxylic acids is 1. The van der Waals surface area contributed by atoms with Crippen LogP contribution in [0.3, 0.4) is 0 Å². The summed E-state index contributed by atoms with van der Waals surface area (Å²) >= 11 is 0. The van der Waals surface area contributed by atoms with Gasteiger partial charge in [0.1, 0.15) is 0 Å². The van der Waals surface area contributed by atoms with Gasteiger partial charge in [0, 0.05) is 26.2 Å². The molecule has 0 bridgehead atoms. The molecular weight excluding hydrogens is 357 g/mol. The fourth-order valence-corrected chi connectivity index (χ4v) is 2.67. The molecular formula is C20H23F3N2O2. The molecule has 0 amide bonds. The molecule has 0 radical (unpaired) electrons. The third kappa shape index (κ3) is 6.69. The Hall–Kier alpha value is -2.38. The van der Waals surface area contributed by atoms with E-state index >= 15 is 0 Å². The highest BCUT2D eigenvalue weighted by atomic mass is 19.4. The topological polar surface area (TPSA) is 43.8 Å². The summed E-state index contributed by atoms with van der Waals surface area (Å²) < 4.78 is 38.8. The summed E-state index contributed by atoms with van der Waals surface area (Å²) in [6, 6.07) is 11.9. The van der Waals surface area contributed by atoms with Gasteiger partial charge in [-0.2, -0.15) is 13.2 Å². The summed E-state index contributed by atoms with van der Waals surface area (Å²) in [5, 5.41) is 8.98. The Morgan fingerprint density at radius 2 is 1.59 bits per heavy atom. The first-order chi connectivity index (χ1) is 12.6. The second-order valence-electron chi connectivity index (χ2n) is 6.71. The fraction of sp³-hybridized carbons (Fsp3) is 0.350. The number of hydrogen-bond donors (Lipinski definition) is 1. The van der Waals surface area contributed by atoms with Crippen molar-refractivity contribution < 1.29 is 23.1 Å². The molecule has 0 spiro atoms. The number of carbonyl (C=O) groups is 1. The third-order valence-electron chi connectivity index (χ3n) is 4.13. The minimum atomic E-state index is -4.36. The van der Waals surface area contributed by atoms with E-state index in [-0.39, 0.29) is 5.56 Å². The van der Waals surface area contributed by atoms with Crippen molar-refractivity contribution in [3.05, 3.63) is 70.8 Å². The van der Waals surface area contributed by atoms with Crippen molar-refractivity contribution in [1.82, 2.24) is 9.80 Å². The van der Waals surface area contributed by atoms with E-state index in [1.54, 1.807) is 18.2 Å². The van der Waals surface area contributed by atoms with Crippen LogP contribution in [0.25, 0.3) is 0 Å². The van der Waals surface area contributed by atoms with Crippen LogP contribution in [0, 0.1) is 0 Å². The summed E-state index contributed by atoms with van der Waals surface area (Å²) in [5.41, 5.74) is 1.05. The minimum Gasteiger partial charge on any atom is -0.478 e. The Morgan fingerprint density at radius 3 is 2.15 bits per heavy atom. The quantitative estimate of drug-likeness (QED) is 0.753. The van der Waals surface area contributed by atoms with E-state index in [2.05, 4.69) is 0 Å². The highest BCUT2D eigenvalue weighted by Gasteiger charge is 2.30. The van der Waals surface area contributed by atoms with Crippen molar-refractivity contribution in [2.75, 3.05) is 27.2 Å². The van der Waals surface area contributed by atoms with Gasteiger partial charge in [-0.05, 0) is 43.4 Å². The zero-order valence-electron chi connectivity index (χ0n) is 15.3. The lowest BCUT2D eigenvalue weighted by atomic mass is 10.1. The van der Waals surface area contributed by atoms with Crippen molar-refractivity contribution in [3.8, 4) is 0 Å². The number of carboxylic acid groups (broad SMARTS) is 1. The predicted octanol–water partition coefficient (Wildman–Crippen LogP) is 3.97. The third-order valence-corrected chi connectivity index (χ3v) is 4.13. The van der Waals surface area contributed by atoms with E-state index in [0.29, 0.717) is 25.2 Å². The van der Waals surface area contributed by atoms with Crippen LogP contribution in [0.2, 0.25) is 0 Å². The second-order valence-corrected chi connectivity index (χ2v) is 6.71. The molecule has 0 aliphatic heterocycles. The number of alkyl halides is 3. The fourth-order valence-electron chi connectivity index (χ4n) is 2.67. The van der Waals surface area contributed by atoms with Crippen LogP contribution in [-0.4, -0.2) is 48.1 Å². The van der Waals surface area contributed by atoms with E-state index in [1.165, 1.54) is 24.3 Å². The van der Waals surface area contributed by atoms with Crippen molar-refractivity contribution in [2.24, 2.45) is 0 Å². The molecule has 146 valence electrons. The lowest BCUT2D eigenvalue weighted by Crippen LogP contribution is -2.31. The Balaban J connectivity index is 2.15. The first-order valence-electron chi connectivity index (χ1n) is 8.50. The molecule has 1 N–H and O–H groups in total. The molecule has 0 saturated heterocycles. The van der Waals surface area contributed by atoms with Crippen molar-refractivity contribution in [3.63, 3.8) is 0 Å². The van der Waals surface area contributed by atoms with E-state index in [9.17, 15) is 18.0 Å². The Kier molecular flexibility index (Phi) is 6.98. The summed E-state index contributed by atoms with van der Waals surface area (Å²) in [5.74, 6) is -0.991. The molecule has 0 aliphatic carbocycles. The molecule has 4 nitrogen and oxygen atoms in total. The van der Waals surface area contributed by atoms with Crippen LogP contribution in [0.1, 0.15) is 27.0 Å². The van der Waals surface area contributed by atoms with Crippen molar-refractivity contribution in [1.29, 1.82) is 0 Å². The van der Waals surface area contributed by atoms with Gasteiger partial charge in [-0.25, -0.2) is 4.79 Å². The molecule has 2 aromatic rings. The maximum atomic E-state index is 12.9. The maximum Gasteiger partial charge on any atom is 0.416 e. The van der Waals surface area contributed by atoms with Crippen LogP contribution < -0.4 is 0 Å². The molecule has 7 heteroatoms. The lowest BCUT2D eigenvalue weighted by Gasteiger charge is -2.25. The number of likely N-dealkylation sites (N-methyl/N-ethyl adjacent to an activating group) is 1. The van der Waals surface area contributed by atoms with E-state index in [0.717, 1.165) is 18.2 Å². The number of rotatable bonds is 8. The Morgan fingerprint density at radius 1 is 0.963 bits per heavy atom. The SMILES string of the molecule is CN(C)CCN(Cc1ccc(C(=O)O)cc1)Cc1cccc(C(F)(F)F)c1. The summed E-state index contributed by atoms with van der Waals surface area (Å²) in [6.45, 7) is 2.32. The zero-order valence-corrected chi connectivity index (χ0v) is 15.3. The average molecular weight is 380 g/mol. The molecule has 0 fully saturated rings. The first kappa shape index (κ1) is 20.9. The molecule has 2 rings (SSSR count). The van der Waals surface area contributed by atoms with Gasteiger partial charge in [0.2, 0.25) is 0 Å². The first-order valence-corrected chi connectivity index (χ1v) is 8.50. The highest BCUT2D eigenvalue weighted by molar-refractivity contribution is 5.87. The van der Waals surface area contributed by atoms with E-state index in [1.807, 2.05) is 23.9 Å². The van der Waals surface area contributed by atoms with Gasteiger partial charge in [0.15, 0.2) is 0 Å². The van der Waals surface area contributed by atoms with E-state index in [4.69, 9.17) is 5.11 Å². The normalized spacial score (nSPS) is 12.0. The predicted molar refractivity (Wildman–Crippen MR) is 97.5 cm³/mol. The standard InChI is InChI=1S/C20H23F3N2O2/c1-24(2)10-11-25(13-15-6-8-17(9-7-15)19(26)27)14-16-4-3-5-18(12-16)20(21,22)23/h3-9,12H,10-11,13-14H2,1-2H3,(H,26,27). The van der Waals surface area contributed by atoms with Crippen molar-refractivity contribution in [2.45, 2.75) is 19.3 Å². The van der Waals surface area contributed by atoms with Crippen LogP contribution in [0.4, 0.5) is 13.2 Å². The van der Waals surface area contributed by atoms with Gasteiger partial charge in [0.05, 0.1) is 11.1 Å². The number of benzene rings is 2. The monoisotopic (exact) mass is 380 g/mol. The molecule has 2 aromatic carbocycles. The van der Waals surface area contributed by atoms with Gasteiger partial charge in [-0.3, -0.25) is 4.90 Å². The van der Waals surface area contributed by atoms with Gasteiger partial charge in [0.25, 0.3) is 0 Å². The molecule has 0 saturated carbocycles. The largest absolute Gasteiger partial charge is 0.478 e. The van der Waals surface area contributed by atoms with Crippen LogP contribution in [-0.2, 0) is 19.3 Å². The molecule has 0 unspecified atom stereocenters. The molecule has 27 heavy (non-hydrogen) atoms. The highest BCUT2D eigenvalue weighted by Crippen LogP contribution is 2.29. The average Bonchev–Trinajstić information content (AvgIpc) is 2.59. The molecule has 0 heterocycles. The smallest absolute Gasteiger partial charge is 0.416 e. The Bertz CT molecular complexity index is 759. The minimum absolute atomic E-state index is 0.205. The lowest BCUT2D eigenvalue weighted by molar-refractivity contribution is -0.137. The number of nitrogens with zero attached hydrogens (tertiary/aromatic N) is 2. The van der Waals surface area contributed by atoms with Crippen LogP contribution in [0.15, 0.2) is 48.5 Å². The van der Waals surface area contributed by atoms with Gasteiger partial charge < -0.3 is 10.0 Å². The zero-order chi connectivity index (χ0) is 20.0.